The van der Waals surface area contributed by atoms with E-state index in [1.807, 2.05) is 74.5 Å². The molecule has 0 radical (unpaired) electrons. The van der Waals surface area contributed by atoms with Crippen LogP contribution in [0, 0.1) is 0 Å². The molecular formula is C34H46N14O3S2. The SMILES string of the molecule is CCNc1nc(NCCNc2nc(NCCNC(=O)C(C)NC(=O)CNC(=O)C(N)Cc3ccccc3)nc(SCC)n2)nc(Sc2ccccc2)n1. The number of nitrogens with two attached hydrogens (primary N) is 1. The standard InChI is InChI=1S/C34H46N14O3S2/c1-4-36-29-43-32(48-34(47-29)53-24-14-10-7-11-15-24)40-19-18-39-31-44-30(45-33(46-31)52-5-2)38-17-16-37-27(50)22(3)42-26(49)21-41-28(51)25(35)20-23-12-8-6-9-13-23/h6-15,22,25H,4-5,16-21,35H2,1-3H3,(H,37,50)(H,41,51)(H,42,49)(H2,36,40,43,47,48)(H2,38,39,44,45,46). The third kappa shape index (κ3) is 14.7. The number of carbonyl (C=O) groups is 3. The van der Waals surface area contributed by atoms with Crippen molar-refractivity contribution >= 4 is 65.0 Å². The fourth-order valence-electron chi connectivity index (χ4n) is 4.50. The van der Waals surface area contributed by atoms with Crippen LogP contribution in [0.2, 0.25) is 0 Å². The first-order valence-corrected chi connectivity index (χ1v) is 19.0. The highest BCUT2D eigenvalue weighted by atomic mass is 32.2. The maximum absolute atomic E-state index is 12.6. The van der Waals surface area contributed by atoms with Crippen molar-refractivity contribution < 1.29 is 14.4 Å². The van der Waals surface area contributed by atoms with E-state index in [9.17, 15) is 14.4 Å². The largest absolute Gasteiger partial charge is 0.354 e. The number of nitrogens with one attached hydrogen (secondary N) is 7. The second kappa shape index (κ2) is 21.9. The van der Waals surface area contributed by atoms with Crippen molar-refractivity contribution in [2.24, 2.45) is 5.73 Å². The Bertz CT molecular complexity index is 1760. The number of carbonyl (C=O) groups excluding carboxylic acids is 3. The Hall–Kier alpha value is -5.27. The van der Waals surface area contributed by atoms with Gasteiger partial charge in [0.15, 0.2) is 10.3 Å². The molecule has 0 bridgehead atoms. The van der Waals surface area contributed by atoms with Crippen LogP contribution < -0.4 is 43.0 Å². The zero-order valence-corrected chi connectivity index (χ0v) is 31.5. The smallest absolute Gasteiger partial charge is 0.242 e. The second-order valence-corrected chi connectivity index (χ2v) is 13.6. The molecule has 0 aliphatic rings. The fourth-order valence-corrected chi connectivity index (χ4v) is 5.83. The molecule has 17 nitrogen and oxygen atoms in total. The predicted octanol–water partition coefficient (Wildman–Crippen LogP) is 1.99. The molecule has 3 amide bonds. The van der Waals surface area contributed by atoms with E-state index in [-0.39, 0.29) is 19.0 Å². The van der Waals surface area contributed by atoms with Crippen molar-refractivity contribution in [3.05, 3.63) is 66.2 Å². The van der Waals surface area contributed by atoms with Crippen LogP contribution in [-0.4, -0.2) is 105 Å². The van der Waals surface area contributed by atoms with E-state index < -0.39 is 23.9 Å². The van der Waals surface area contributed by atoms with E-state index in [2.05, 4.69) is 67.1 Å². The molecule has 2 heterocycles. The average Bonchev–Trinajstić information content (AvgIpc) is 3.15. The Kier molecular flexibility index (Phi) is 16.8. The predicted molar refractivity (Wildman–Crippen MR) is 208 cm³/mol. The zero-order valence-electron chi connectivity index (χ0n) is 29.9. The minimum Gasteiger partial charge on any atom is -0.354 e. The highest BCUT2D eigenvalue weighted by Crippen LogP contribution is 2.25. The van der Waals surface area contributed by atoms with Gasteiger partial charge in [0, 0.05) is 37.6 Å². The summed E-state index contributed by atoms with van der Waals surface area (Å²) in [6.07, 6.45) is 0.344. The Morgan fingerprint density at radius 2 is 1.23 bits per heavy atom. The molecule has 282 valence electrons. The fraction of sp³-hybridized carbons (Fsp3) is 0.382. The van der Waals surface area contributed by atoms with Gasteiger partial charge in [-0.25, -0.2) is 0 Å². The molecule has 2 atom stereocenters. The van der Waals surface area contributed by atoms with Gasteiger partial charge in [0.05, 0.1) is 12.6 Å². The van der Waals surface area contributed by atoms with Gasteiger partial charge in [-0.1, -0.05) is 67.2 Å². The van der Waals surface area contributed by atoms with Crippen LogP contribution in [0.3, 0.4) is 0 Å². The number of hydrogen-bond donors (Lipinski definition) is 8. The molecule has 4 rings (SSSR count). The quantitative estimate of drug-likeness (QED) is 0.0422. The van der Waals surface area contributed by atoms with Crippen LogP contribution >= 0.6 is 23.5 Å². The number of thioether (sulfide) groups is 1. The highest BCUT2D eigenvalue weighted by molar-refractivity contribution is 7.99. The van der Waals surface area contributed by atoms with Crippen molar-refractivity contribution in [3.63, 3.8) is 0 Å². The minimum absolute atomic E-state index is 0.240. The molecular weight excluding hydrogens is 717 g/mol. The third-order valence-corrected chi connectivity index (χ3v) is 8.62. The molecule has 2 unspecified atom stereocenters. The molecule has 0 aliphatic heterocycles. The lowest BCUT2D eigenvalue weighted by molar-refractivity contribution is -0.129. The van der Waals surface area contributed by atoms with Crippen LogP contribution in [0.25, 0.3) is 0 Å². The molecule has 0 aliphatic carbocycles. The van der Waals surface area contributed by atoms with E-state index in [0.717, 1.165) is 16.2 Å². The number of nitrogens with zero attached hydrogens (tertiary/aromatic N) is 6. The summed E-state index contributed by atoms with van der Waals surface area (Å²) in [5, 5.41) is 21.7. The van der Waals surface area contributed by atoms with Crippen LogP contribution in [0.5, 0.6) is 0 Å². The van der Waals surface area contributed by atoms with E-state index in [4.69, 9.17) is 5.73 Å². The van der Waals surface area contributed by atoms with Gasteiger partial charge >= 0.3 is 0 Å². The molecule has 0 fully saturated rings. The van der Waals surface area contributed by atoms with Gasteiger partial charge in [0.1, 0.15) is 6.04 Å². The summed E-state index contributed by atoms with van der Waals surface area (Å²) in [6.45, 7) is 7.41. The van der Waals surface area contributed by atoms with Crippen molar-refractivity contribution in [1.82, 2.24) is 45.9 Å². The molecule has 2 aromatic heterocycles. The minimum atomic E-state index is -0.826. The summed E-state index contributed by atoms with van der Waals surface area (Å²) < 4.78 is 0. The number of aromatic nitrogens is 6. The monoisotopic (exact) mass is 762 g/mol. The third-order valence-electron chi connectivity index (χ3n) is 7.02. The Morgan fingerprint density at radius 3 is 1.81 bits per heavy atom. The van der Waals surface area contributed by atoms with Crippen molar-refractivity contribution in [2.75, 3.05) is 66.3 Å². The van der Waals surface area contributed by atoms with Crippen molar-refractivity contribution in [2.45, 2.75) is 54.5 Å². The molecule has 9 N–H and O–H groups in total. The van der Waals surface area contributed by atoms with Crippen molar-refractivity contribution in [1.29, 1.82) is 0 Å². The number of amides is 3. The Balaban J connectivity index is 1.19. The van der Waals surface area contributed by atoms with E-state index in [1.165, 1.54) is 23.5 Å². The summed E-state index contributed by atoms with van der Waals surface area (Å²) in [5.74, 6) is 1.09. The Labute approximate surface area is 317 Å². The molecule has 0 saturated heterocycles. The van der Waals surface area contributed by atoms with Crippen LogP contribution in [0.15, 0.2) is 75.9 Å². The van der Waals surface area contributed by atoms with Gasteiger partial charge in [-0.2, -0.15) is 29.9 Å². The lowest BCUT2D eigenvalue weighted by Gasteiger charge is -2.16. The number of rotatable bonds is 22. The summed E-state index contributed by atoms with van der Waals surface area (Å²) in [4.78, 5) is 65.2. The van der Waals surface area contributed by atoms with Gasteiger partial charge < -0.3 is 43.0 Å². The van der Waals surface area contributed by atoms with Gasteiger partial charge in [0.25, 0.3) is 0 Å². The zero-order chi connectivity index (χ0) is 37.8. The molecule has 19 heteroatoms. The maximum atomic E-state index is 12.6. The molecule has 2 aromatic carbocycles. The molecule has 0 spiro atoms. The average molecular weight is 763 g/mol. The van der Waals surface area contributed by atoms with E-state index in [0.29, 0.717) is 66.7 Å². The molecule has 53 heavy (non-hydrogen) atoms. The van der Waals surface area contributed by atoms with Crippen molar-refractivity contribution in [3.8, 4) is 0 Å². The van der Waals surface area contributed by atoms with Crippen LogP contribution in [0.1, 0.15) is 26.3 Å². The lowest BCUT2D eigenvalue weighted by atomic mass is 10.1. The summed E-state index contributed by atoms with van der Waals surface area (Å²) >= 11 is 2.92. The molecule has 0 saturated carbocycles. The summed E-state index contributed by atoms with van der Waals surface area (Å²) in [7, 11) is 0. The van der Waals surface area contributed by atoms with E-state index in [1.54, 1.807) is 6.92 Å². The number of anilines is 4. The second-order valence-electron chi connectivity index (χ2n) is 11.3. The summed E-state index contributed by atoms with van der Waals surface area (Å²) in [5.41, 5.74) is 6.88. The first-order valence-electron chi connectivity index (χ1n) is 17.2. The van der Waals surface area contributed by atoms with Gasteiger partial charge in [-0.3, -0.25) is 14.4 Å². The summed E-state index contributed by atoms with van der Waals surface area (Å²) in [6, 6.07) is 17.6. The van der Waals surface area contributed by atoms with Crippen LogP contribution in [-0.2, 0) is 20.8 Å². The normalized spacial score (nSPS) is 11.8. The van der Waals surface area contributed by atoms with E-state index >= 15 is 0 Å². The first kappa shape index (κ1) is 40.5. The number of hydrogen-bond acceptors (Lipinski definition) is 16. The topological polar surface area (TPSA) is 239 Å². The van der Waals surface area contributed by atoms with Crippen LogP contribution in [0.4, 0.5) is 23.8 Å². The highest BCUT2D eigenvalue weighted by Gasteiger charge is 2.18. The first-order chi connectivity index (χ1) is 25.7. The Morgan fingerprint density at radius 1 is 0.679 bits per heavy atom. The van der Waals surface area contributed by atoms with Gasteiger partial charge in [0.2, 0.25) is 41.5 Å². The number of benzene rings is 2. The molecule has 4 aromatic rings. The van der Waals surface area contributed by atoms with Gasteiger partial charge in [-0.15, -0.1) is 0 Å². The maximum Gasteiger partial charge on any atom is 0.242 e. The van der Waals surface area contributed by atoms with Gasteiger partial charge in [-0.05, 0) is 55.5 Å². The lowest BCUT2D eigenvalue weighted by Crippen LogP contribution is -2.50.